The van der Waals surface area contributed by atoms with Crippen LogP contribution < -0.4 is 11.1 Å². The largest absolute Gasteiger partial charge is 0.507 e. The van der Waals surface area contributed by atoms with Crippen molar-refractivity contribution < 1.29 is 20.1 Å². The van der Waals surface area contributed by atoms with E-state index in [9.17, 15) is 9.90 Å². The number of hydrogen-bond donors (Lipinski definition) is 3. The summed E-state index contributed by atoms with van der Waals surface area (Å²) in [4.78, 5) is 14.6. The molecule has 0 aromatic heterocycles. The van der Waals surface area contributed by atoms with E-state index in [2.05, 4.69) is 22.3 Å². The first-order chi connectivity index (χ1) is 12.5. The Hall–Kier alpha value is -2.32. The molecular formula is C19H24ClN3O4. The highest BCUT2D eigenvalue weighted by atomic mass is 35.5. The Balaban J connectivity index is 0.00000261. The molecule has 1 amide bonds. The third kappa shape index (κ3) is 5.58. The van der Waals surface area contributed by atoms with E-state index < -0.39 is 5.91 Å². The third-order valence-corrected chi connectivity index (χ3v) is 4.65. The van der Waals surface area contributed by atoms with E-state index in [4.69, 9.17) is 22.1 Å². The molecule has 1 saturated heterocycles. The highest BCUT2D eigenvalue weighted by molar-refractivity contribution is 6.33. The van der Waals surface area contributed by atoms with Gasteiger partial charge in [0.05, 0.1) is 29.0 Å². The molecule has 146 valence electrons. The third-order valence-electron chi connectivity index (χ3n) is 4.32. The van der Waals surface area contributed by atoms with Crippen molar-refractivity contribution in [3.63, 3.8) is 0 Å². The number of morpholine rings is 1. The van der Waals surface area contributed by atoms with Crippen LogP contribution in [0.2, 0.25) is 5.02 Å². The zero-order valence-corrected chi connectivity index (χ0v) is 15.6. The number of benzene rings is 2. The van der Waals surface area contributed by atoms with E-state index in [1.165, 1.54) is 17.7 Å². The molecule has 8 heteroatoms. The number of nitrogens with two attached hydrogens (primary N) is 1. The summed E-state index contributed by atoms with van der Waals surface area (Å²) in [5, 5.41) is 12.9. The summed E-state index contributed by atoms with van der Waals surface area (Å²) >= 11 is 5.93. The van der Waals surface area contributed by atoms with Crippen molar-refractivity contribution in [1.82, 2.24) is 10.2 Å². The number of halogens is 1. The maximum Gasteiger partial charge on any atom is 0.255 e. The van der Waals surface area contributed by atoms with Crippen LogP contribution in [-0.2, 0) is 11.3 Å². The molecule has 1 fully saturated rings. The number of nitrogens with one attached hydrogen (secondary N) is 1. The van der Waals surface area contributed by atoms with Crippen LogP contribution in [0.15, 0.2) is 42.5 Å². The summed E-state index contributed by atoms with van der Waals surface area (Å²) in [5.74, 6) is -0.604. The summed E-state index contributed by atoms with van der Waals surface area (Å²) < 4.78 is 5.74. The Kier molecular flexibility index (Phi) is 7.44. The van der Waals surface area contributed by atoms with Crippen LogP contribution in [0, 0.1) is 0 Å². The lowest BCUT2D eigenvalue weighted by molar-refractivity contribution is -0.0292. The van der Waals surface area contributed by atoms with Crippen LogP contribution in [0.3, 0.4) is 0 Å². The predicted octanol–water partition coefficient (Wildman–Crippen LogP) is 1.43. The van der Waals surface area contributed by atoms with Gasteiger partial charge in [0.25, 0.3) is 5.91 Å². The van der Waals surface area contributed by atoms with Gasteiger partial charge in [-0.2, -0.15) is 0 Å². The predicted molar refractivity (Wildman–Crippen MR) is 105 cm³/mol. The number of amides is 1. The maximum atomic E-state index is 12.3. The number of nitrogen functional groups attached to an aromatic ring is 1. The molecule has 7 nitrogen and oxygen atoms in total. The number of aromatic hydroxyl groups is 1. The van der Waals surface area contributed by atoms with Crippen molar-refractivity contribution in [3.05, 3.63) is 58.6 Å². The summed E-state index contributed by atoms with van der Waals surface area (Å²) in [7, 11) is 0. The molecule has 1 aliphatic rings. The molecule has 6 N–H and O–H groups in total. The number of phenolic OH excluding ortho intramolecular Hbond substituents is 1. The Labute approximate surface area is 163 Å². The van der Waals surface area contributed by atoms with E-state index in [0.717, 1.165) is 19.6 Å². The first kappa shape index (κ1) is 21.0. The van der Waals surface area contributed by atoms with Gasteiger partial charge in [-0.05, 0) is 11.6 Å². The smallest absolute Gasteiger partial charge is 0.255 e. The van der Waals surface area contributed by atoms with Gasteiger partial charge < -0.3 is 26.4 Å². The lowest BCUT2D eigenvalue weighted by Gasteiger charge is -2.33. The van der Waals surface area contributed by atoms with Gasteiger partial charge in [0.15, 0.2) is 0 Å². The molecule has 0 saturated carbocycles. The molecule has 0 bridgehead atoms. The molecule has 27 heavy (non-hydrogen) atoms. The SMILES string of the molecule is Nc1cc(O)c(C(=O)NCC2CN(Cc3ccccc3)CCO2)cc1Cl.O. The second-order valence-corrected chi connectivity index (χ2v) is 6.72. The second kappa shape index (κ2) is 9.57. The first-order valence-electron chi connectivity index (χ1n) is 8.47. The normalized spacial score (nSPS) is 17.1. The molecule has 1 atom stereocenters. The number of carbonyl (C=O) groups excluding carboxylic acids is 1. The van der Waals surface area contributed by atoms with Crippen LogP contribution in [-0.4, -0.2) is 53.7 Å². The van der Waals surface area contributed by atoms with Crippen LogP contribution in [0.25, 0.3) is 0 Å². The first-order valence-corrected chi connectivity index (χ1v) is 8.85. The number of ether oxygens (including phenoxy) is 1. The van der Waals surface area contributed by atoms with E-state index in [0.29, 0.717) is 13.2 Å². The molecular weight excluding hydrogens is 370 g/mol. The van der Waals surface area contributed by atoms with Crippen LogP contribution in [0.4, 0.5) is 5.69 Å². The fourth-order valence-corrected chi connectivity index (χ4v) is 3.11. The van der Waals surface area contributed by atoms with Crippen molar-refractivity contribution in [1.29, 1.82) is 0 Å². The Morgan fingerprint density at radius 3 is 2.81 bits per heavy atom. The van der Waals surface area contributed by atoms with Crippen molar-refractivity contribution in [3.8, 4) is 5.75 Å². The van der Waals surface area contributed by atoms with Gasteiger partial charge in [0.2, 0.25) is 0 Å². The lowest BCUT2D eigenvalue weighted by atomic mass is 10.1. The van der Waals surface area contributed by atoms with Crippen LogP contribution in [0.5, 0.6) is 5.75 Å². The van der Waals surface area contributed by atoms with Gasteiger partial charge in [-0.1, -0.05) is 41.9 Å². The molecule has 1 aliphatic heterocycles. The minimum Gasteiger partial charge on any atom is -0.507 e. The Bertz CT molecular complexity index is 773. The van der Waals surface area contributed by atoms with E-state index in [-0.39, 0.29) is 33.6 Å². The fourth-order valence-electron chi connectivity index (χ4n) is 2.95. The Morgan fingerprint density at radius 2 is 2.07 bits per heavy atom. The zero-order chi connectivity index (χ0) is 18.5. The standard InChI is InChI=1S/C19H22ClN3O3.H2O/c20-16-8-15(18(24)9-17(16)21)19(25)22-10-14-12-23(6-7-26-14)11-13-4-2-1-3-5-13;/h1-5,8-9,14,24H,6-7,10-12,21H2,(H,22,25);1H2. The highest BCUT2D eigenvalue weighted by Crippen LogP contribution is 2.27. The number of hydrogen-bond acceptors (Lipinski definition) is 5. The molecule has 2 aromatic rings. The van der Waals surface area contributed by atoms with Crippen molar-refractivity contribution in [2.75, 3.05) is 32.0 Å². The number of rotatable bonds is 5. The van der Waals surface area contributed by atoms with Crippen LogP contribution >= 0.6 is 11.6 Å². The van der Waals surface area contributed by atoms with Gasteiger partial charge >= 0.3 is 0 Å². The summed E-state index contributed by atoms with van der Waals surface area (Å²) in [6.07, 6.45) is -0.109. The van der Waals surface area contributed by atoms with Gasteiger partial charge in [-0.25, -0.2) is 0 Å². The summed E-state index contributed by atoms with van der Waals surface area (Å²) in [6, 6.07) is 12.9. The topological polar surface area (TPSA) is 119 Å². The quantitative estimate of drug-likeness (QED) is 0.664. The zero-order valence-electron chi connectivity index (χ0n) is 14.8. The molecule has 0 spiro atoms. The maximum absolute atomic E-state index is 12.3. The van der Waals surface area contributed by atoms with Gasteiger partial charge in [0.1, 0.15) is 5.75 Å². The van der Waals surface area contributed by atoms with Crippen LogP contribution in [0.1, 0.15) is 15.9 Å². The van der Waals surface area contributed by atoms with E-state index in [1.54, 1.807) is 0 Å². The van der Waals surface area contributed by atoms with Crippen molar-refractivity contribution >= 4 is 23.2 Å². The van der Waals surface area contributed by atoms with Gasteiger partial charge in [0, 0.05) is 32.2 Å². The average molecular weight is 394 g/mol. The minimum absolute atomic E-state index is 0. The molecule has 2 aromatic carbocycles. The molecule has 0 radical (unpaired) electrons. The van der Waals surface area contributed by atoms with E-state index in [1.807, 2.05) is 18.2 Å². The number of nitrogens with zero attached hydrogens (tertiary/aromatic N) is 1. The van der Waals surface area contributed by atoms with Gasteiger partial charge in [-0.3, -0.25) is 9.69 Å². The van der Waals surface area contributed by atoms with Crippen molar-refractivity contribution in [2.24, 2.45) is 0 Å². The average Bonchev–Trinajstić information content (AvgIpc) is 2.64. The lowest BCUT2D eigenvalue weighted by Crippen LogP contribution is -2.47. The fraction of sp³-hybridized carbons (Fsp3) is 0.316. The monoisotopic (exact) mass is 393 g/mol. The van der Waals surface area contributed by atoms with E-state index >= 15 is 0 Å². The number of anilines is 1. The van der Waals surface area contributed by atoms with Crippen molar-refractivity contribution in [2.45, 2.75) is 12.6 Å². The summed E-state index contributed by atoms with van der Waals surface area (Å²) in [5.41, 5.74) is 7.19. The second-order valence-electron chi connectivity index (χ2n) is 6.31. The number of carbonyl (C=O) groups is 1. The molecule has 1 unspecified atom stereocenters. The molecule has 0 aliphatic carbocycles. The molecule has 1 heterocycles. The highest BCUT2D eigenvalue weighted by Gasteiger charge is 2.22. The van der Waals surface area contributed by atoms with Gasteiger partial charge in [-0.15, -0.1) is 0 Å². The summed E-state index contributed by atoms with van der Waals surface area (Å²) in [6.45, 7) is 3.40. The molecule has 3 rings (SSSR count). The minimum atomic E-state index is -0.409. The Morgan fingerprint density at radius 1 is 1.33 bits per heavy atom. The number of phenols is 1.